The van der Waals surface area contributed by atoms with Crippen LogP contribution in [-0.4, -0.2) is 27.8 Å². The molecule has 0 fully saturated rings. The van der Waals surface area contributed by atoms with Crippen molar-refractivity contribution in [3.8, 4) is 5.69 Å². The van der Waals surface area contributed by atoms with E-state index in [1.54, 1.807) is 11.8 Å². The largest absolute Gasteiger partial charge is 0.380 e. The molecule has 140 valence electrons. The van der Waals surface area contributed by atoms with Crippen molar-refractivity contribution in [1.29, 1.82) is 0 Å². The smallest absolute Gasteiger partial charge is 0.295 e. The van der Waals surface area contributed by atoms with Gasteiger partial charge < -0.3 is 10.1 Å². The lowest BCUT2D eigenvalue weighted by Crippen LogP contribution is -2.14. The summed E-state index contributed by atoms with van der Waals surface area (Å²) in [5.41, 5.74) is 3.77. The zero-order valence-electron chi connectivity index (χ0n) is 16.1. The fourth-order valence-corrected chi connectivity index (χ4v) is 2.98. The fourth-order valence-electron chi connectivity index (χ4n) is 2.98. The Kier molecular flexibility index (Phi) is 5.66. The molecule has 1 aromatic heterocycles. The average Bonchev–Trinajstić information content (AvgIpc) is 3.04. The first kappa shape index (κ1) is 18.8. The molecule has 6 nitrogen and oxygen atoms in total. The summed E-state index contributed by atoms with van der Waals surface area (Å²) in [4.78, 5) is 17.0. The molecule has 27 heavy (non-hydrogen) atoms. The molecule has 2 aromatic carbocycles. The van der Waals surface area contributed by atoms with Gasteiger partial charge >= 0.3 is 0 Å². The molecule has 1 amide bonds. The number of aryl methyl sites for hydroxylation is 1. The molecule has 1 N–H and O–H groups in total. The van der Waals surface area contributed by atoms with Crippen LogP contribution in [-0.2, 0) is 11.3 Å². The Hall–Kier alpha value is -2.99. The summed E-state index contributed by atoms with van der Waals surface area (Å²) in [5.74, 6) is 0.809. The van der Waals surface area contributed by atoms with Crippen LogP contribution in [0.5, 0.6) is 0 Å². The summed E-state index contributed by atoms with van der Waals surface area (Å²) in [6.07, 6.45) is 0. The molecule has 3 aromatic rings. The molecule has 0 unspecified atom stereocenters. The maximum atomic E-state index is 12.6. The number of benzene rings is 2. The third-order valence-electron chi connectivity index (χ3n) is 4.25. The molecule has 0 aliphatic heterocycles. The van der Waals surface area contributed by atoms with Crippen LogP contribution >= 0.6 is 0 Å². The molecule has 3 rings (SSSR count). The minimum Gasteiger partial charge on any atom is -0.380 e. The van der Waals surface area contributed by atoms with Crippen LogP contribution in [0.1, 0.15) is 47.3 Å². The van der Waals surface area contributed by atoms with Gasteiger partial charge in [-0.3, -0.25) is 4.79 Å². The van der Waals surface area contributed by atoms with Crippen LogP contribution in [0.25, 0.3) is 5.69 Å². The van der Waals surface area contributed by atoms with E-state index in [2.05, 4.69) is 35.3 Å². The van der Waals surface area contributed by atoms with E-state index in [1.165, 1.54) is 0 Å². The zero-order valence-corrected chi connectivity index (χ0v) is 16.1. The van der Waals surface area contributed by atoms with Crippen molar-refractivity contribution in [2.45, 2.75) is 33.3 Å². The van der Waals surface area contributed by atoms with E-state index in [-0.39, 0.29) is 11.7 Å². The maximum absolute atomic E-state index is 12.6. The molecule has 0 aliphatic carbocycles. The molecular formula is C21H24N4O2. The van der Waals surface area contributed by atoms with Crippen molar-refractivity contribution < 1.29 is 9.53 Å². The van der Waals surface area contributed by atoms with E-state index in [0.717, 1.165) is 16.8 Å². The van der Waals surface area contributed by atoms with Gasteiger partial charge in [0.05, 0.1) is 12.3 Å². The first-order valence-electron chi connectivity index (χ1n) is 8.91. The Morgan fingerprint density at radius 3 is 2.70 bits per heavy atom. The fraction of sp³-hybridized carbons (Fsp3) is 0.286. The van der Waals surface area contributed by atoms with Crippen LogP contribution in [0.4, 0.5) is 5.69 Å². The van der Waals surface area contributed by atoms with Crippen LogP contribution < -0.4 is 5.32 Å². The highest BCUT2D eigenvalue weighted by atomic mass is 16.5. The summed E-state index contributed by atoms with van der Waals surface area (Å²) in [5, 5.41) is 7.30. The minimum absolute atomic E-state index is 0.142. The second kappa shape index (κ2) is 8.14. The van der Waals surface area contributed by atoms with E-state index in [9.17, 15) is 4.79 Å². The first-order chi connectivity index (χ1) is 13.0. The first-order valence-corrected chi connectivity index (χ1v) is 8.91. The number of methoxy groups -OCH3 is 1. The predicted octanol–water partition coefficient (Wildman–Crippen LogP) is 4.10. The van der Waals surface area contributed by atoms with Gasteiger partial charge in [0.2, 0.25) is 5.82 Å². The minimum atomic E-state index is -0.339. The third kappa shape index (κ3) is 4.23. The van der Waals surface area contributed by atoms with Crippen LogP contribution in [0.2, 0.25) is 0 Å². The number of nitrogens with one attached hydrogen (secondary N) is 1. The molecule has 0 saturated carbocycles. The standard InChI is InChI=1S/C21H24N4O2/c1-14(2)18-10-5-6-11-19(18)25-15(3)22-20(24-25)21(26)23-17-9-7-8-16(12-17)13-27-4/h5-12,14H,13H2,1-4H3,(H,23,26). The number of nitrogens with zero attached hydrogens (tertiary/aromatic N) is 3. The number of aromatic nitrogens is 3. The van der Waals surface area contributed by atoms with Gasteiger partial charge in [-0.1, -0.05) is 44.2 Å². The molecule has 1 heterocycles. The highest BCUT2D eigenvalue weighted by molar-refractivity contribution is 6.01. The van der Waals surface area contributed by atoms with Gasteiger partial charge in [0, 0.05) is 12.8 Å². The Bertz CT molecular complexity index is 947. The number of carbonyl (C=O) groups is 1. The van der Waals surface area contributed by atoms with E-state index in [4.69, 9.17) is 4.74 Å². The zero-order chi connectivity index (χ0) is 19.4. The molecule has 0 radical (unpaired) electrons. The van der Waals surface area contributed by atoms with Crippen molar-refractivity contribution in [3.05, 3.63) is 71.3 Å². The van der Waals surface area contributed by atoms with Gasteiger partial charge in [0.1, 0.15) is 5.82 Å². The molecule has 6 heteroatoms. The molecule has 0 bridgehead atoms. The topological polar surface area (TPSA) is 69.0 Å². The normalized spacial score (nSPS) is 11.0. The van der Waals surface area contributed by atoms with Crippen LogP contribution in [0.15, 0.2) is 48.5 Å². The van der Waals surface area contributed by atoms with Gasteiger partial charge in [-0.05, 0) is 42.2 Å². The third-order valence-corrected chi connectivity index (χ3v) is 4.25. The monoisotopic (exact) mass is 364 g/mol. The number of carbonyl (C=O) groups excluding carboxylic acids is 1. The van der Waals surface area contributed by atoms with E-state index >= 15 is 0 Å². The Balaban J connectivity index is 1.86. The molecule has 0 saturated heterocycles. The van der Waals surface area contributed by atoms with Gasteiger partial charge in [-0.2, -0.15) is 0 Å². The van der Waals surface area contributed by atoms with Crippen molar-refractivity contribution >= 4 is 11.6 Å². The summed E-state index contributed by atoms with van der Waals surface area (Å²) >= 11 is 0. The Morgan fingerprint density at radius 1 is 1.19 bits per heavy atom. The summed E-state index contributed by atoms with van der Waals surface area (Å²) in [6.45, 7) is 6.60. The SMILES string of the molecule is COCc1cccc(NC(=O)c2nc(C)n(-c3ccccc3C(C)C)n2)c1. The van der Waals surface area contributed by atoms with Crippen molar-refractivity contribution in [2.24, 2.45) is 0 Å². The second-order valence-corrected chi connectivity index (χ2v) is 6.70. The van der Waals surface area contributed by atoms with E-state index in [0.29, 0.717) is 24.0 Å². The number of anilines is 1. The average molecular weight is 364 g/mol. The lowest BCUT2D eigenvalue weighted by Gasteiger charge is -2.12. The number of amides is 1. The van der Waals surface area contributed by atoms with E-state index in [1.807, 2.05) is 49.4 Å². The summed E-state index contributed by atoms with van der Waals surface area (Å²) < 4.78 is 6.86. The number of ether oxygens (including phenoxy) is 1. The number of para-hydroxylation sites is 1. The van der Waals surface area contributed by atoms with Gasteiger partial charge in [-0.25, -0.2) is 9.67 Å². The quantitative estimate of drug-likeness (QED) is 0.715. The van der Waals surface area contributed by atoms with Crippen molar-refractivity contribution in [3.63, 3.8) is 0 Å². The molecule has 0 atom stereocenters. The molecular weight excluding hydrogens is 340 g/mol. The highest BCUT2D eigenvalue weighted by Gasteiger charge is 2.17. The summed E-state index contributed by atoms with van der Waals surface area (Å²) in [7, 11) is 1.64. The molecule has 0 spiro atoms. The lowest BCUT2D eigenvalue weighted by molar-refractivity contribution is 0.101. The van der Waals surface area contributed by atoms with Crippen molar-refractivity contribution in [1.82, 2.24) is 14.8 Å². The van der Waals surface area contributed by atoms with Crippen molar-refractivity contribution in [2.75, 3.05) is 12.4 Å². The number of rotatable bonds is 6. The van der Waals surface area contributed by atoms with Crippen LogP contribution in [0, 0.1) is 6.92 Å². The number of hydrogen-bond acceptors (Lipinski definition) is 4. The highest BCUT2D eigenvalue weighted by Crippen LogP contribution is 2.23. The van der Waals surface area contributed by atoms with Gasteiger partial charge in [-0.15, -0.1) is 5.10 Å². The molecule has 0 aliphatic rings. The van der Waals surface area contributed by atoms with Gasteiger partial charge in [0.25, 0.3) is 5.91 Å². The van der Waals surface area contributed by atoms with Crippen LogP contribution in [0.3, 0.4) is 0 Å². The second-order valence-electron chi connectivity index (χ2n) is 6.70. The van der Waals surface area contributed by atoms with E-state index < -0.39 is 0 Å². The number of hydrogen-bond donors (Lipinski definition) is 1. The Morgan fingerprint density at radius 2 is 1.96 bits per heavy atom. The Labute approximate surface area is 159 Å². The lowest BCUT2D eigenvalue weighted by atomic mass is 10.0. The summed E-state index contributed by atoms with van der Waals surface area (Å²) in [6, 6.07) is 15.6. The van der Waals surface area contributed by atoms with Gasteiger partial charge in [0.15, 0.2) is 0 Å². The maximum Gasteiger partial charge on any atom is 0.295 e. The predicted molar refractivity (Wildman–Crippen MR) is 105 cm³/mol.